The van der Waals surface area contributed by atoms with Crippen molar-refractivity contribution < 1.29 is 9.53 Å². The quantitative estimate of drug-likeness (QED) is 0.683. The Morgan fingerprint density at radius 1 is 1.43 bits per heavy atom. The predicted molar refractivity (Wildman–Crippen MR) is 52.0 cm³/mol. The first kappa shape index (κ1) is 10.6. The summed E-state index contributed by atoms with van der Waals surface area (Å²) in [6.45, 7) is 4.20. The van der Waals surface area contributed by atoms with E-state index in [4.69, 9.17) is 4.74 Å². The van der Waals surface area contributed by atoms with Gasteiger partial charge in [0, 0.05) is 5.69 Å². The SMILES string of the molecule is CCCc1cc(C(=O)OCC)ncn1. The van der Waals surface area contributed by atoms with Crippen molar-refractivity contribution in [2.75, 3.05) is 6.61 Å². The molecule has 14 heavy (non-hydrogen) atoms. The fraction of sp³-hybridized carbons (Fsp3) is 0.500. The maximum atomic E-state index is 11.3. The third-order valence-electron chi connectivity index (χ3n) is 1.71. The van der Waals surface area contributed by atoms with Crippen molar-refractivity contribution in [3.8, 4) is 0 Å². The van der Waals surface area contributed by atoms with E-state index in [-0.39, 0.29) is 5.97 Å². The monoisotopic (exact) mass is 194 g/mol. The molecule has 0 N–H and O–H groups in total. The molecular formula is C10H14N2O2. The summed E-state index contributed by atoms with van der Waals surface area (Å²) < 4.78 is 4.83. The average Bonchev–Trinajstić information content (AvgIpc) is 2.19. The normalized spacial score (nSPS) is 9.86. The molecule has 0 aliphatic rings. The van der Waals surface area contributed by atoms with Crippen LogP contribution in [0.25, 0.3) is 0 Å². The lowest BCUT2D eigenvalue weighted by Gasteiger charge is -2.02. The Morgan fingerprint density at radius 3 is 2.86 bits per heavy atom. The van der Waals surface area contributed by atoms with Gasteiger partial charge in [0.25, 0.3) is 0 Å². The van der Waals surface area contributed by atoms with Gasteiger partial charge in [0.15, 0.2) is 5.69 Å². The van der Waals surface area contributed by atoms with E-state index in [0.717, 1.165) is 18.5 Å². The highest BCUT2D eigenvalue weighted by atomic mass is 16.5. The molecule has 0 unspecified atom stereocenters. The van der Waals surface area contributed by atoms with Crippen LogP contribution >= 0.6 is 0 Å². The molecule has 4 heteroatoms. The second-order valence-corrected chi connectivity index (χ2v) is 2.87. The fourth-order valence-electron chi connectivity index (χ4n) is 1.11. The van der Waals surface area contributed by atoms with E-state index in [0.29, 0.717) is 12.3 Å². The highest BCUT2D eigenvalue weighted by Crippen LogP contribution is 2.02. The Kier molecular flexibility index (Phi) is 4.04. The largest absolute Gasteiger partial charge is 0.461 e. The summed E-state index contributed by atoms with van der Waals surface area (Å²) in [6, 6.07) is 1.68. The Hall–Kier alpha value is -1.45. The molecule has 0 saturated carbocycles. The number of carbonyl (C=O) groups excluding carboxylic acids is 1. The molecule has 0 saturated heterocycles. The predicted octanol–water partition coefficient (Wildman–Crippen LogP) is 1.61. The van der Waals surface area contributed by atoms with Crippen LogP contribution in [-0.2, 0) is 11.2 Å². The number of aryl methyl sites for hydroxylation is 1. The van der Waals surface area contributed by atoms with Gasteiger partial charge in [0.2, 0.25) is 0 Å². The van der Waals surface area contributed by atoms with Gasteiger partial charge in [-0.05, 0) is 19.4 Å². The molecule has 0 fully saturated rings. The Balaban J connectivity index is 2.77. The molecule has 1 aromatic heterocycles. The van der Waals surface area contributed by atoms with E-state index < -0.39 is 0 Å². The summed E-state index contributed by atoms with van der Waals surface area (Å²) in [7, 11) is 0. The number of ether oxygens (including phenoxy) is 1. The van der Waals surface area contributed by atoms with Crippen LogP contribution in [0.2, 0.25) is 0 Å². The molecule has 0 amide bonds. The molecule has 0 atom stereocenters. The number of hydrogen-bond donors (Lipinski definition) is 0. The number of hydrogen-bond acceptors (Lipinski definition) is 4. The molecule has 0 aliphatic carbocycles. The van der Waals surface area contributed by atoms with Crippen molar-refractivity contribution in [1.29, 1.82) is 0 Å². The standard InChI is InChI=1S/C10H14N2O2/c1-3-5-8-6-9(12-7-11-8)10(13)14-4-2/h6-7H,3-5H2,1-2H3. The van der Waals surface area contributed by atoms with Crippen molar-refractivity contribution >= 4 is 5.97 Å². The van der Waals surface area contributed by atoms with Crippen LogP contribution < -0.4 is 0 Å². The highest BCUT2D eigenvalue weighted by molar-refractivity contribution is 5.87. The van der Waals surface area contributed by atoms with Gasteiger partial charge >= 0.3 is 5.97 Å². The summed E-state index contributed by atoms with van der Waals surface area (Å²) in [5.74, 6) is -0.382. The van der Waals surface area contributed by atoms with E-state index in [9.17, 15) is 4.79 Å². The molecule has 1 aromatic rings. The van der Waals surface area contributed by atoms with Crippen molar-refractivity contribution in [3.63, 3.8) is 0 Å². The first-order valence-electron chi connectivity index (χ1n) is 4.76. The molecule has 0 spiro atoms. The lowest BCUT2D eigenvalue weighted by molar-refractivity contribution is 0.0519. The van der Waals surface area contributed by atoms with Crippen LogP contribution in [0.5, 0.6) is 0 Å². The summed E-state index contributed by atoms with van der Waals surface area (Å²) in [6.07, 6.45) is 3.26. The lowest BCUT2D eigenvalue weighted by Crippen LogP contribution is -2.08. The smallest absolute Gasteiger partial charge is 0.357 e. The summed E-state index contributed by atoms with van der Waals surface area (Å²) in [5, 5.41) is 0. The van der Waals surface area contributed by atoms with E-state index >= 15 is 0 Å². The maximum Gasteiger partial charge on any atom is 0.357 e. The van der Waals surface area contributed by atoms with Crippen LogP contribution in [0.15, 0.2) is 12.4 Å². The van der Waals surface area contributed by atoms with Crippen molar-refractivity contribution in [1.82, 2.24) is 9.97 Å². The second kappa shape index (κ2) is 5.32. The van der Waals surface area contributed by atoms with Gasteiger partial charge < -0.3 is 4.74 Å². The second-order valence-electron chi connectivity index (χ2n) is 2.87. The molecule has 0 radical (unpaired) electrons. The average molecular weight is 194 g/mol. The molecule has 4 nitrogen and oxygen atoms in total. The third kappa shape index (κ3) is 2.80. The Labute approximate surface area is 83.3 Å². The third-order valence-corrected chi connectivity index (χ3v) is 1.71. The van der Waals surface area contributed by atoms with Crippen molar-refractivity contribution in [2.24, 2.45) is 0 Å². The van der Waals surface area contributed by atoms with E-state index in [1.165, 1.54) is 6.33 Å². The summed E-state index contributed by atoms with van der Waals surface area (Å²) >= 11 is 0. The zero-order valence-corrected chi connectivity index (χ0v) is 8.49. The molecule has 1 heterocycles. The minimum absolute atomic E-state index is 0.338. The molecule has 0 aromatic carbocycles. The maximum absolute atomic E-state index is 11.3. The van der Waals surface area contributed by atoms with Crippen LogP contribution in [0.4, 0.5) is 0 Å². The van der Waals surface area contributed by atoms with Gasteiger partial charge in [-0.15, -0.1) is 0 Å². The zero-order chi connectivity index (χ0) is 10.4. The number of rotatable bonds is 4. The number of esters is 1. The molecule has 0 aliphatic heterocycles. The van der Waals surface area contributed by atoms with E-state index in [1.807, 2.05) is 0 Å². The van der Waals surface area contributed by atoms with Gasteiger partial charge in [-0.2, -0.15) is 0 Å². The Morgan fingerprint density at radius 2 is 2.21 bits per heavy atom. The zero-order valence-electron chi connectivity index (χ0n) is 8.49. The van der Waals surface area contributed by atoms with Gasteiger partial charge in [-0.25, -0.2) is 14.8 Å². The number of nitrogens with zero attached hydrogens (tertiary/aromatic N) is 2. The van der Waals surface area contributed by atoms with Crippen LogP contribution in [-0.4, -0.2) is 22.5 Å². The van der Waals surface area contributed by atoms with Crippen molar-refractivity contribution in [3.05, 3.63) is 23.8 Å². The van der Waals surface area contributed by atoms with Gasteiger partial charge in [-0.3, -0.25) is 0 Å². The van der Waals surface area contributed by atoms with Gasteiger partial charge in [0.05, 0.1) is 6.61 Å². The number of carbonyl (C=O) groups is 1. The molecular weight excluding hydrogens is 180 g/mol. The number of aromatic nitrogens is 2. The van der Waals surface area contributed by atoms with Crippen LogP contribution in [0, 0.1) is 0 Å². The molecule has 76 valence electrons. The topological polar surface area (TPSA) is 52.1 Å². The first-order valence-corrected chi connectivity index (χ1v) is 4.76. The minimum atomic E-state index is -0.382. The van der Waals surface area contributed by atoms with E-state index in [2.05, 4.69) is 16.9 Å². The minimum Gasteiger partial charge on any atom is -0.461 e. The molecule has 0 bridgehead atoms. The summed E-state index contributed by atoms with van der Waals surface area (Å²) in [4.78, 5) is 19.2. The fourth-order valence-corrected chi connectivity index (χ4v) is 1.11. The van der Waals surface area contributed by atoms with E-state index in [1.54, 1.807) is 13.0 Å². The first-order chi connectivity index (χ1) is 6.77. The summed E-state index contributed by atoms with van der Waals surface area (Å²) in [5.41, 5.74) is 1.22. The van der Waals surface area contributed by atoms with Crippen molar-refractivity contribution in [2.45, 2.75) is 26.7 Å². The van der Waals surface area contributed by atoms with Crippen LogP contribution in [0.3, 0.4) is 0 Å². The molecule has 1 rings (SSSR count). The van der Waals surface area contributed by atoms with Crippen LogP contribution in [0.1, 0.15) is 36.5 Å². The lowest BCUT2D eigenvalue weighted by atomic mass is 10.2. The Bertz CT molecular complexity index is 313. The van der Waals surface area contributed by atoms with Gasteiger partial charge in [0.1, 0.15) is 6.33 Å². The van der Waals surface area contributed by atoms with Gasteiger partial charge in [-0.1, -0.05) is 13.3 Å². The highest BCUT2D eigenvalue weighted by Gasteiger charge is 2.08.